The second-order valence-corrected chi connectivity index (χ2v) is 4.15. The number of carboxylic acids is 1. The number of rotatable bonds is 3. The molecule has 16 heavy (non-hydrogen) atoms. The summed E-state index contributed by atoms with van der Waals surface area (Å²) in [5.74, 6) is -0.811. The number of aliphatic carboxylic acids is 1. The number of anilines is 1. The van der Waals surface area contributed by atoms with Crippen molar-refractivity contribution in [2.45, 2.75) is 25.3 Å². The molecule has 1 aromatic carbocycles. The van der Waals surface area contributed by atoms with Crippen LogP contribution >= 0.6 is 0 Å². The van der Waals surface area contributed by atoms with Gasteiger partial charge >= 0.3 is 5.97 Å². The van der Waals surface area contributed by atoms with E-state index in [2.05, 4.69) is 11.4 Å². The fraction of sp³-hybridized carbons (Fsp3) is 0.333. The lowest BCUT2D eigenvalue weighted by atomic mass is 10.1. The van der Waals surface area contributed by atoms with E-state index in [0.717, 1.165) is 11.3 Å². The minimum Gasteiger partial charge on any atom is -0.480 e. The Morgan fingerprint density at radius 3 is 2.69 bits per heavy atom. The highest BCUT2D eigenvalue weighted by Gasteiger charge is 2.50. The van der Waals surface area contributed by atoms with Crippen molar-refractivity contribution in [1.82, 2.24) is 0 Å². The van der Waals surface area contributed by atoms with Gasteiger partial charge in [0.05, 0.1) is 11.6 Å². The second-order valence-electron chi connectivity index (χ2n) is 4.15. The predicted octanol–water partition coefficient (Wildman–Crippen LogP) is 1.90. The first-order valence-corrected chi connectivity index (χ1v) is 5.10. The third kappa shape index (κ3) is 1.72. The fourth-order valence-corrected chi connectivity index (χ4v) is 1.66. The maximum Gasteiger partial charge on any atom is 0.329 e. The van der Waals surface area contributed by atoms with Gasteiger partial charge < -0.3 is 10.4 Å². The lowest BCUT2D eigenvalue weighted by Crippen LogP contribution is -2.31. The normalized spacial score (nSPS) is 16.2. The number of benzene rings is 1. The Bertz CT molecular complexity index is 484. The van der Waals surface area contributed by atoms with E-state index in [1.807, 2.05) is 13.0 Å². The van der Waals surface area contributed by atoms with E-state index in [1.54, 1.807) is 12.1 Å². The molecular weight excluding hydrogens is 204 g/mol. The van der Waals surface area contributed by atoms with Crippen LogP contribution in [-0.4, -0.2) is 16.6 Å². The zero-order valence-corrected chi connectivity index (χ0v) is 8.95. The van der Waals surface area contributed by atoms with Crippen LogP contribution < -0.4 is 5.32 Å². The highest BCUT2D eigenvalue weighted by Crippen LogP contribution is 2.39. The van der Waals surface area contributed by atoms with Gasteiger partial charge in [-0.1, -0.05) is 0 Å². The number of hydrogen-bond acceptors (Lipinski definition) is 3. The summed E-state index contributed by atoms with van der Waals surface area (Å²) in [5.41, 5.74) is 1.46. The van der Waals surface area contributed by atoms with E-state index < -0.39 is 11.5 Å². The molecule has 2 rings (SSSR count). The molecule has 1 fully saturated rings. The summed E-state index contributed by atoms with van der Waals surface area (Å²) >= 11 is 0. The van der Waals surface area contributed by atoms with Crippen molar-refractivity contribution in [1.29, 1.82) is 5.26 Å². The molecular formula is C12H12N2O2. The number of hydrogen-bond donors (Lipinski definition) is 2. The fourth-order valence-electron chi connectivity index (χ4n) is 1.66. The topological polar surface area (TPSA) is 73.1 Å². The van der Waals surface area contributed by atoms with Gasteiger partial charge in [-0.2, -0.15) is 5.26 Å². The van der Waals surface area contributed by atoms with E-state index in [-0.39, 0.29) is 0 Å². The van der Waals surface area contributed by atoms with E-state index in [0.29, 0.717) is 18.4 Å². The second kappa shape index (κ2) is 3.53. The maximum atomic E-state index is 11.0. The molecule has 0 aliphatic heterocycles. The standard InChI is InChI=1S/C12H12N2O2/c1-8-6-10(3-2-9(8)7-13)14-12(4-5-12)11(15)16/h2-3,6,14H,4-5H2,1H3,(H,15,16). The number of aryl methyl sites for hydroxylation is 1. The van der Waals surface area contributed by atoms with Crippen LogP contribution in [0.15, 0.2) is 18.2 Å². The molecule has 2 N–H and O–H groups in total. The summed E-state index contributed by atoms with van der Waals surface area (Å²) in [6.45, 7) is 1.84. The number of nitrogens with one attached hydrogen (secondary N) is 1. The number of carbonyl (C=O) groups is 1. The summed E-state index contributed by atoms with van der Waals surface area (Å²) in [6.07, 6.45) is 1.31. The highest BCUT2D eigenvalue weighted by atomic mass is 16.4. The molecule has 0 radical (unpaired) electrons. The first kappa shape index (κ1) is 10.5. The zero-order chi connectivity index (χ0) is 11.8. The minimum atomic E-state index is -0.811. The van der Waals surface area contributed by atoms with Crippen LogP contribution in [0.2, 0.25) is 0 Å². The molecule has 1 aliphatic carbocycles. The third-order valence-electron chi connectivity index (χ3n) is 2.89. The zero-order valence-electron chi connectivity index (χ0n) is 8.95. The van der Waals surface area contributed by atoms with Crippen molar-refractivity contribution in [3.63, 3.8) is 0 Å². The van der Waals surface area contributed by atoms with Gasteiger partial charge in [-0.05, 0) is 43.5 Å². The van der Waals surface area contributed by atoms with Crippen LogP contribution in [0, 0.1) is 18.3 Å². The van der Waals surface area contributed by atoms with E-state index in [1.165, 1.54) is 0 Å². The lowest BCUT2D eigenvalue weighted by molar-refractivity contribution is -0.138. The van der Waals surface area contributed by atoms with Gasteiger partial charge in [-0.25, -0.2) is 4.79 Å². The Morgan fingerprint density at radius 2 is 2.25 bits per heavy atom. The van der Waals surface area contributed by atoms with Crippen LogP contribution in [0.5, 0.6) is 0 Å². The van der Waals surface area contributed by atoms with Gasteiger partial charge in [0.1, 0.15) is 5.54 Å². The van der Waals surface area contributed by atoms with Crippen molar-refractivity contribution in [3.05, 3.63) is 29.3 Å². The molecule has 1 saturated carbocycles. The quantitative estimate of drug-likeness (QED) is 0.809. The maximum absolute atomic E-state index is 11.0. The SMILES string of the molecule is Cc1cc(NC2(C(=O)O)CC2)ccc1C#N. The minimum absolute atomic E-state index is 0.616. The summed E-state index contributed by atoms with van der Waals surface area (Å²) < 4.78 is 0. The summed E-state index contributed by atoms with van der Waals surface area (Å²) in [4.78, 5) is 11.0. The van der Waals surface area contributed by atoms with E-state index in [9.17, 15) is 4.79 Å². The largest absolute Gasteiger partial charge is 0.480 e. The van der Waals surface area contributed by atoms with Gasteiger partial charge in [0.15, 0.2) is 0 Å². The van der Waals surface area contributed by atoms with Gasteiger partial charge in [0, 0.05) is 5.69 Å². The number of carboxylic acid groups (broad SMARTS) is 1. The molecule has 4 nitrogen and oxygen atoms in total. The highest BCUT2D eigenvalue weighted by molar-refractivity contribution is 5.86. The van der Waals surface area contributed by atoms with Crippen molar-refractivity contribution >= 4 is 11.7 Å². The monoisotopic (exact) mass is 216 g/mol. The summed E-state index contributed by atoms with van der Waals surface area (Å²) in [6, 6.07) is 7.34. The van der Waals surface area contributed by atoms with Crippen molar-refractivity contribution < 1.29 is 9.90 Å². The molecule has 1 aliphatic rings. The molecule has 0 aromatic heterocycles. The number of nitriles is 1. The van der Waals surface area contributed by atoms with Crippen LogP contribution in [0.1, 0.15) is 24.0 Å². The molecule has 0 bridgehead atoms. The molecule has 0 saturated heterocycles. The molecule has 1 aromatic rings. The Balaban J connectivity index is 2.21. The molecule has 0 atom stereocenters. The average molecular weight is 216 g/mol. The summed E-state index contributed by atoms with van der Waals surface area (Å²) in [7, 11) is 0. The average Bonchev–Trinajstić information content (AvgIpc) is 2.99. The Hall–Kier alpha value is -2.02. The molecule has 0 unspecified atom stereocenters. The van der Waals surface area contributed by atoms with E-state index >= 15 is 0 Å². The Labute approximate surface area is 93.5 Å². The van der Waals surface area contributed by atoms with E-state index in [4.69, 9.17) is 10.4 Å². The Kier molecular flexibility index (Phi) is 2.31. The molecule has 4 heteroatoms. The summed E-state index contributed by atoms with van der Waals surface area (Å²) in [5, 5.41) is 20.8. The third-order valence-corrected chi connectivity index (χ3v) is 2.89. The molecule has 82 valence electrons. The first-order chi connectivity index (χ1) is 7.57. The molecule has 0 heterocycles. The molecule has 0 amide bonds. The van der Waals surface area contributed by atoms with Crippen LogP contribution in [0.25, 0.3) is 0 Å². The lowest BCUT2D eigenvalue weighted by Gasteiger charge is -2.14. The molecule has 0 spiro atoms. The van der Waals surface area contributed by atoms with Gasteiger partial charge in [0.25, 0.3) is 0 Å². The smallest absolute Gasteiger partial charge is 0.329 e. The van der Waals surface area contributed by atoms with Crippen molar-refractivity contribution in [2.75, 3.05) is 5.32 Å². The Morgan fingerprint density at radius 1 is 1.56 bits per heavy atom. The van der Waals surface area contributed by atoms with Crippen LogP contribution in [0.4, 0.5) is 5.69 Å². The number of nitrogens with zero attached hydrogens (tertiary/aromatic N) is 1. The van der Waals surface area contributed by atoms with Crippen molar-refractivity contribution in [2.24, 2.45) is 0 Å². The van der Waals surface area contributed by atoms with Gasteiger partial charge in [0.2, 0.25) is 0 Å². The van der Waals surface area contributed by atoms with Crippen LogP contribution in [-0.2, 0) is 4.79 Å². The van der Waals surface area contributed by atoms with Gasteiger partial charge in [-0.15, -0.1) is 0 Å². The van der Waals surface area contributed by atoms with Crippen molar-refractivity contribution in [3.8, 4) is 6.07 Å². The van der Waals surface area contributed by atoms with Crippen LogP contribution in [0.3, 0.4) is 0 Å². The first-order valence-electron chi connectivity index (χ1n) is 5.10. The predicted molar refractivity (Wildman–Crippen MR) is 59.1 cm³/mol. The van der Waals surface area contributed by atoms with Gasteiger partial charge in [-0.3, -0.25) is 0 Å².